The maximum Gasteiger partial charge on any atom is 0.349 e. The van der Waals surface area contributed by atoms with Gasteiger partial charge in [0.1, 0.15) is 4.88 Å². The Morgan fingerprint density at radius 2 is 1.83 bits per heavy atom. The van der Waals surface area contributed by atoms with Crippen LogP contribution in [0.2, 0.25) is 0 Å². The van der Waals surface area contributed by atoms with Crippen LogP contribution in [-0.4, -0.2) is 30.3 Å². The Morgan fingerprint density at radius 1 is 1.12 bits per heavy atom. The standard InChI is InChI=1S/C18H17NO4S/c1-11(20)15-7-8-16(24-15)18(22)23-12(2)17(21)19-10-9-13-5-3-4-6-14(13)19/h3-8,12H,9-10H2,1-2H3. The number of carbonyl (C=O) groups is 3. The van der Waals surface area contributed by atoms with Gasteiger partial charge in [-0.05, 0) is 44.0 Å². The molecule has 1 aromatic heterocycles. The van der Waals surface area contributed by atoms with Gasteiger partial charge in [0.15, 0.2) is 11.9 Å². The maximum absolute atomic E-state index is 12.6. The highest BCUT2D eigenvalue weighted by molar-refractivity contribution is 7.15. The number of fused-ring (bicyclic) bond motifs is 1. The second kappa shape index (κ2) is 6.57. The Hall–Kier alpha value is -2.47. The lowest BCUT2D eigenvalue weighted by atomic mass is 10.2. The number of para-hydroxylation sites is 1. The van der Waals surface area contributed by atoms with E-state index in [1.807, 2.05) is 24.3 Å². The van der Waals surface area contributed by atoms with Gasteiger partial charge in [0.2, 0.25) is 0 Å². The molecular formula is C18H17NO4S. The summed E-state index contributed by atoms with van der Waals surface area (Å²) >= 11 is 1.07. The number of anilines is 1. The number of esters is 1. The number of carbonyl (C=O) groups excluding carboxylic acids is 3. The summed E-state index contributed by atoms with van der Waals surface area (Å²) in [7, 11) is 0. The summed E-state index contributed by atoms with van der Waals surface area (Å²) in [6, 6.07) is 10.9. The van der Waals surface area contributed by atoms with Crippen molar-refractivity contribution in [1.29, 1.82) is 0 Å². The van der Waals surface area contributed by atoms with Gasteiger partial charge in [-0.25, -0.2) is 4.79 Å². The molecule has 1 aliphatic rings. The third-order valence-electron chi connectivity index (χ3n) is 3.94. The molecule has 0 aliphatic carbocycles. The molecular weight excluding hydrogens is 326 g/mol. The zero-order valence-electron chi connectivity index (χ0n) is 13.4. The smallest absolute Gasteiger partial charge is 0.349 e. The second-order valence-electron chi connectivity index (χ2n) is 5.64. The van der Waals surface area contributed by atoms with Gasteiger partial charge in [0.05, 0.1) is 4.88 Å². The van der Waals surface area contributed by atoms with E-state index in [1.54, 1.807) is 24.0 Å². The van der Waals surface area contributed by atoms with Crippen LogP contribution in [0.1, 0.15) is 38.8 Å². The molecule has 0 N–H and O–H groups in total. The number of ketones is 1. The molecule has 0 saturated heterocycles. The summed E-state index contributed by atoms with van der Waals surface area (Å²) in [4.78, 5) is 38.5. The maximum atomic E-state index is 12.6. The number of ether oxygens (including phenoxy) is 1. The molecule has 0 saturated carbocycles. The lowest BCUT2D eigenvalue weighted by Crippen LogP contribution is -2.39. The molecule has 1 atom stereocenters. The summed E-state index contributed by atoms with van der Waals surface area (Å²) in [5, 5.41) is 0. The van der Waals surface area contributed by atoms with Crippen molar-refractivity contribution in [3.05, 3.63) is 51.7 Å². The highest BCUT2D eigenvalue weighted by Crippen LogP contribution is 2.28. The fourth-order valence-electron chi connectivity index (χ4n) is 2.69. The average Bonchev–Trinajstić information content (AvgIpc) is 3.21. The first-order valence-corrected chi connectivity index (χ1v) is 8.50. The van der Waals surface area contributed by atoms with Crippen LogP contribution in [0.15, 0.2) is 36.4 Å². The summed E-state index contributed by atoms with van der Waals surface area (Å²) in [6.07, 6.45) is -0.0818. The highest BCUT2D eigenvalue weighted by Gasteiger charge is 2.30. The minimum atomic E-state index is -0.883. The molecule has 124 valence electrons. The molecule has 0 bridgehead atoms. The van der Waals surface area contributed by atoms with Crippen molar-refractivity contribution >= 4 is 34.7 Å². The minimum absolute atomic E-state index is 0.100. The van der Waals surface area contributed by atoms with Crippen molar-refractivity contribution in [1.82, 2.24) is 0 Å². The van der Waals surface area contributed by atoms with Crippen molar-refractivity contribution in [3.8, 4) is 0 Å². The molecule has 6 heteroatoms. The lowest BCUT2D eigenvalue weighted by molar-refractivity contribution is -0.126. The van der Waals surface area contributed by atoms with Crippen LogP contribution in [-0.2, 0) is 16.0 Å². The SMILES string of the molecule is CC(=O)c1ccc(C(=O)OC(C)C(=O)N2CCc3ccccc32)s1. The van der Waals surface area contributed by atoms with Crippen molar-refractivity contribution in [3.63, 3.8) is 0 Å². The molecule has 0 fully saturated rings. The van der Waals surface area contributed by atoms with Gasteiger partial charge in [-0.15, -0.1) is 11.3 Å². The van der Waals surface area contributed by atoms with E-state index >= 15 is 0 Å². The molecule has 2 heterocycles. The minimum Gasteiger partial charge on any atom is -0.448 e. The predicted octanol–water partition coefficient (Wildman–Crippen LogP) is 3.09. The zero-order chi connectivity index (χ0) is 17.3. The monoisotopic (exact) mass is 343 g/mol. The third kappa shape index (κ3) is 3.10. The van der Waals surface area contributed by atoms with Crippen LogP contribution in [0.3, 0.4) is 0 Å². The van der Waals surface area contributed by atoms with Crippen molar-refractivity contribution in [2.45, 2.75) is 26.4 Å². The van der Waals surface area contributed by atoms with Gasteiger partial charge in [-0.1, -0.05) is 18.2 Å². The van der Waals surface area contributed by atoms with Crippen LogP contribution in [0.5, 0.6) is 0 Å². The molecule has 3 rings (SSSR count). The van der Waals surface area contributed by atoms with E-state index in [1.165, 1.54) is 6.92 Å². The molecule has 1 aliphatic heterocycles. The second-order valence-corrected chi connectivity index (χ2v) is 6.72. The number of amides is 1. The summed E-state index contributed by atoms with van der Waals surface area (Å²) < 4.78 is 5.29. The molecule has 0 spiro atoms. The third-order valence-corrected chi connectivity index (χ3v) is 5.11. The van der Waals surface area contributed by atoms with Crippen molar-refractivity contribution in [2.75, 3.05) is 11.4 Å². The van der Waals surface area contributed by atoms with Gasteiger partial charge >= 0.3 is 5.97 Å². The van der Waals surface area contributed by atoms with Crippen LogP contribution in [0, 0.1) is 0 Å². The van der Waals surface area contributed by atoms with Gasteiger partial charge < -0.3 is 9.64 Å². The number of rotatable bonds is 4. The van der Waals surface area contributed by atoms with Crippen LogP contribution in [0.25, 0.3) is 0 Å². The Kier molecular flexibility index (Phi) is 4.49. The van der Waals surface area contributed by atoms with Gasteiger partial charge in [0, 0.05) is 12.2 Å². The van der Waals surface area contributed by atoms with E-state index < -0.39 is 12.1 Å². The van der Waals surface area contributed by atoms with E-state index in [0.29, 0.717) is 16.3 Å². The van der Waals surface area contributed by atoms with Gasteiger partial charge in [-0.3, -0.25) is 9.59 Å². The van der Waals surface area contributed by atoms with E-state index in [9.17, 15) is 14.4 Å². The topological polar surface area (TPSA) is 63.7 Å². The average molecular weight is 343 g/mol. The number of benzene rings is 1. The zero-order valence-corrected chi connectivity index (χ0v) is 14.3. The molecule has 1 unspecified atom stereocenters. The number of hydrogen-bond acceptors (Lipinski definition) is 5. The van der Waals surface area contributed by atoms with Crippen LogP contribution < -0.4 is 4.90 Å². The van der Waals surface area contributed by atoms with Gasteiger partial charge in [-0.2, -0.15) is 0 Å². The van der Waals surface area contributed by atoms with Crippen LogP contribution >= 0.6 is 11.3 Å². The molecule has 1 amide bonds. The fraction of sp³-hybridized carbons (Fsp3) is 0.278. The van der Waals surface area contributed by atoms with Crippen molar-refractivity contribution in [2.24, 2.45) is 0 Å². The molecule has 1 aromatic carbocycles. The van der Waals surface area contributed by atoms with E-state index in [2.05, 4.69) is 0 Å². The molecule has 5 nitrogen and oxygen atoms in total. The number of thiophene rings is 1. The first-order chi connectivity index (χ1) is 11.5. The summed E-state index contributed by atoms with van der Waals surface area (Å²) in [5.74, 6) is -0.922. The highest BCUT2D eigenvalue weighted by atomic mass is 32.1. The van der Waals surface area contributed by atoms with E-state index in [0.717, 1.165) is 29.0 Å². The van der Waals surface area contributed by atoms with E-state index in [-0.39, 0.29) is 11.7 Å². The number of nitrogens with zero attached hydrogens (tertiary/aromatic N) is 1. The van der Waals surface area contributed by atoms with E-state index in [4.69, 9.17) is 4.74 Å². The molecule has 24 heavy (non-hydrogen) atoms. The quantitative estimate of drug-likeness (QED) is 0.632. The number of Topliss-reactive ketones (excluding diaryl/α,β-unsaturated/α-hetero) is 1. The summed E-state index contributed by atoms with van der Waals surface area (Å²) in [6.45, 7) is 3.60. The van der Waals surface area contributed by atoms with Crippen LogP contribution in [0.4, 0.5) is 5.69 Å². The largest absolute Gasteiger partial charge is 0.448 e. The predicted molar refractivity (Wildman–Crippen MR) is 91.7 cm³/mol. The Balaban J connectivity index is 1.68. The summed E-state index contributed by atoms with van der Waals surface area (Å²) in [5.41, 5.74) is 1.99. The molecule has 0 radical (unpaired) electrons. The number of hydrogen-bond donors (Lipinski definition) is 0. The molecule has 2 aromatic rings. The van der Waals surface area contributed by atoms with Crippen molar-refractivity contribution < 1.29 is 19.1 Å². The normalized spacial score (nSPS) is 14.2. The van der Waals surface area contributed by atoms with Gasteiger partial charge in [0.25, 0.3) is 5.91 Å². The lowest BCUT2D eigenvalue weighted by Gasteiger charge is -2.21. The fourth-order valence-corrected chi connectivity index (χ4v) is 3.48. The Bertz CT molecular complexity index is 811. The first-order valence-electron chi connectivity index (χ1n) is 7.68. The first kappa shape index (κ1) is 16.4. The Morgan fingerprint density at radius 3 is 2.54 bits per heavy atom. The Labute approximate surface area is 143 Å².